The summed E-state index contributed by atoms with van der Waals surface area (Å²) < 4.78 is 15.7. The van der Waals surface area contributed by atoms with E-state index in [2.05, 4.69) is 10.5 Å². The summed E-state index contributed by atoms with van der Waals surface area (Å²) in [6.45, 7) is 2.42. The van der Waals surface area contributed by atoms with Crippen molar-refractivity contribution >= 4 is 29.0 Å². The molecule has 25 heavy (non-hydrogen) atoms. The molecule has 0 spiro atoms. The third kappa shape index (κ3) is 3.66. The number of hydrazone groups is 1. The van der Waals surface area contributed by atoms with Crippen LogP contribution < -0.4 is 10.2 Å². The van der Waals surface area contributed by atoms with Gasteiger partial charge in [0, 0.05) is 5.39 Å². The van der Waals surface area contributed by atoms with Crippen molar-refractivity contribution in [3.63, 3.8) is 0 Å². The van der Waals surface area contributed by atoms with Crippen molar-refractivity contribution in [1.29, 1.82) is 0 Å². The summed E-state index contributed by atoms with van der Waals surface area (Å²) in [6.07, 6.45) is 1.15. The number of rotatable bonds is 6. The van der Waals surface area contributed by atoms with Crippen molar-refractivity contribution in [3.8, 4) is 5.75 Å². The summed E-state index contributed by atoms with van der Waals surface area (Å²) in [6, 6.07) is 9.36. The molecule has 9 nitrogen and oxygen atoms in total. The molecule has 0 aliphatic rings. The van der Waals surface area contributed by atoms with Crippen LogP contribution in [-0.4, -0.2) is 23.7 Å². The highest BCUT2D eigenvalue weighted by molar-refractivity contribution is 5.96. The Morgan fingerprint density at radius 2 is 2.16 bits per heavy atom. The maximum Gasteiger partial charge on any atom is 0.433 e. The highest BCUT2D eigenvalue weighted by Crippen LogP contribution is 2.24. The molecule has 0 aliphatic heterocycles. The topological polar surface area (TPSA) is 120 Å². The lowest BCUT2D eigenvalue weighted by Crippen LogP contribution is -2.16. The first-order valence-corrected chi connectivity index (χ1v) is 7.31. The van der Waals surface area contributed by atoms with Crippen LogP contribution in [0.5, 0.6) is 5.75 Å². The molecule has 3 rings (SSSR count). The number of carbonyl (C=O) groups excluding carboxylic acids is 1. The maximum atomic E-state index is 12.0. The zero-order valence-corrected chi connectivity index (χ0v) is 13.1. The van der Waals surface area contributed by atoms with Crippen molar-refractivity contribution < 1.29 is 23.3 Å². The molecular weight excluding hydrogens is 330 g/mol. The number of hydrogen-bond acceptors (Lipinski definition) is 7. The number of nitrogens with one attached hydrogen (secondary N) is 1. The number of carbonyl (C=O) groups is 1. The fourth-order valence-corrected chi connectivity index (χ4v) is 2.11. The molecule has 0 atom stereocenters. The lowest BCUT2D eigenvalue weighted by Gasteiger charge is -2.00. The molecule has 0 bridgehead atoms. The Bertz CT molecular complexity index is 956. The van der Waals surface area contributed by atoms with E-state index in [1.807, 2.05) is 6.92 Å². The van der Waals surface area contributed by atoms with Gasteiger partial charge >= 0.3 is 11.8 Å². The van der Waals surface area contributed by atoms with Gasteiger partial charge in [-0.3, -0.25) is 14.9 Å². The average molecular weight is 343 g/mol. The number of hydrogen-bond donors (Lipinski definition) is 1. The summed E-state index contributed by atoms with van der Waals surface area (Å²) in [5.74, 6) is -0.0778. The second-order valence-corrected chi connectivity index (χ2v) is 4.88. The number of nitro groups is 1. The third-order valence-corrected chi connectivity index (χ3v) is 3.17. The summed E-state index contributed by atoms with van der Waals surface area (Å²) >= 11 is 0. The molecule has 3 aromatic rings. The van der Waals surface area contributed by atoms with E-state index in [9.17, 15) is 14.9 Å². The lowest BCUT2D eigenvalue weighted by atomic mass is 10.2. The summed E-state index contributed by atoms with van der Waals surface area (Å²) in [7, 11) is 0. The molecule has 0 aliphatic carbocycles. The van der Waals surface area contributed by atoms with E-state index in [0.29, 0.717) is 17.9 Å². The minimum absolute atomic E-state index is 0.0752. The van der Waals surface area contributed by atoms with Crippen molar-refractivity contribution in [2.24, 2.45) is 5.10 Å². The zero-order chi connectivity index (χ0) is 17.8. The first kappa shape index (κ1) is 16.2. The predicted octanol–water partition coefficient (Wildman–Crippen LogP) is 3.10. The van der Waals surface area contributed by atoms with Crippen molar-refractivity contribution in [2.75, 3.05) is 6.61 Å². The van der Waals surface area contributed by atoms with E-state index < -0.39 is 16.7 Å². The molecule has 1 aromatic carbocycles. The van der Waals surface area contributed by atoms with Crippen molar-refractivity contribution in [1.82, 2.24) is 5.43 Å². The fraction of sp³-hybridized carbons (Fsp3) is 0.125. The Balaban J connectivity index is 1.68. The fourth-order valence-electron chi connectivity index (χ4n) is 2.11. The second-order valence-electron chi connectivity index (χ2n) is 4.88. The Kier molecular flexibility index (Phi) is 4.46. The van der Waals surface area contributed by atoms with E-state index in [4.69, 9.17) is 13.6 Å². The van der Waals surface area contributed by atoms with Crippen LogP contribution >= 0.6 is 0 Å². The van der Waals surface area contributed by atoms with Gasteiger partial charge in [-0.05, 0) is 37.3 Å². The summed E-state index contributed by atoms with van der Waals surface area (Å²) in [4.78, 5) is 21.9. The maximum absolute atomic E-state index is 12.0. The van der Waals surface area contributed by atoms with E-state index in [1.165, 1.54) is 12.1 Å². The smallest absolute Gasteiger partial charge is 0.433 e. The van der Waals surface area contributed by atoms with Crippen molar-refractivity contribution in [3.05, 3.63) is 58.0 Å². The molecule has 0 saturated carbocycles. The van der Waals surface area contributed by atoms with Crippen LogP contribution in [0.25, 0.3) is 11.0 Å². The highest BCUT2D eigenvalue weighted by Gasteiger charge is 2.13. The predicted molar refractivity (Wildman–Crippen MR) is 87.8 cm³/mol. The summed E-state index contributed by atoms with van der Waals surface area (Å²) in [5, 5.41) is 14.9. The lowest BCUT2D eigenvalue weighted by molar-refractivity contribution is -0.402. The Labute approximate surface area is 141 Å². The number of ether oxygens (including phenoxy) is 1. The van der Waals surface area contributed by atoms with E-state index in [0.717, 1.165) is 11.6 Å². The zero-order valence-electron chi connectivity index (χ0n) is 13.1. The molecule has 0 radical (unpaired) electrons. The number of furan rings is 2. The normalized spacial score (nSPS) is 11.1. The molecule has 1 amide bonds. The van der Waals surface area contributed by atoms with Gasteiger partial charge in [0.2, 0.25) is 0 Å². The summed E-state index contributed by atoms with van der Waals surface area (Å²) in [5.41, 5.74) is 2.80. The molecule has 9 heteroatoms. The Morgan fingerprint density at radius 3 is 2.88 bits per heavy atom. The Morgan fingerprint density at radius 1 is 1.32 bits per heavy atom. The minimum Gasteiger partial charge on any atom is -0.494 e. The van der Waals surface area contributed by atoms with Crippen LogP contribution in [0.2, 0.25) is 0 Å². The molecule has 0 fully saturated rings. The minimum atomic E-state index is -0.666. The van der Waals surface area contributed by atoms with E-state index >= 15 is 0 Å². The molecule has 1 N–H and O–H groups in total. The van der Waals surface area contributed by atoms with Crippen LogP contribution in [0.4, 0.5) is 5.88 Å². The van der Waals surface area contributed by atoms with Crippen molar-refractivity contribution in [2.45, 2.75) is 6.92 Å². The molecule has 2 heterocycles. The largest absolute Gasteiger partial charge is 0.494 e. The van der Waals surface area contributed by atoms with Crippen LogP contribution in [0.3, 0.4) is 0 Å². The van der Waals surface area contributed by atoms with E-state index in [-0.39, 0.29) is 11.5 Å². The van der Waals surface area contributed by atoms with Gasteiger partial charge in [-0.2, -0.15) is 5.10 Å². The number of nitrogens with zero attached hydrogens (tertiary/aromatic N) is 2. The highest BCUT2D eigenvalue weighted by atomic mass is 16.6. The quantitative estimate of drug-likeness (QED) is 0.417. The van der Waals surface area contributed by atoms with Gasteiger partial charge in [0.25, 0.3) is 0 Å². The van der Waals surface area contributed by atoms with Crippen LogP contribution in [0, 0.1) is 10.1 Å². The number of benzene rings is 1. The Hall–Kier alpha value is -3.62. The van der Waals surface area contributed by atoms with Crippen LogP contribution in [0.15, 0.2) is 50.3 Å². The standard InChI is InChI=1S/C16H13N3O6/c1-2-23-11-3-5-13-10(7-11)8-14(25-13)16(20)18-17-9-12-4-6-15(24-12)19(21)22/h3-9H,2H2,1H3,(H,18,20)/b17-9+. The molecular formula is C16H13N3O6. The van der Waals surface area contributed by atoms with Gasteiger partial charge in [-0.15, -0.1) is 0 Å². The van der Waals surface area contributed by atoms with Gasteiger partial charge < -0.3 is 13.6 Å². The van der Waals surface area contributed by atoms with Crippen LogP contribution in [-0.2, 0) is 0 Å². The molecule has 2 aromatic heterocycles. The van der Waals surface area contributed by atoms with Gasteiger partial charge in [-0.1, -0.05) is 0 Å². The SMILES string of the molecule is CCOc1ccc2oc(C(=O)N/N=C/c3ccc([N+](=O)[O-])o3)cc2c1. The first-order valence-electron chi connectivity index (χ1n) is 7.31. The monoisotopic (exact) mass is 343 g/mol. The molecule has 0 unspecified atom stereocenters. The van der Waals surface area contributed by atoms with Gasteiger partial charge in [0.1, 0.15) is 16.3 Å². The average Bonchev–Trinajstić information content (AvgIpc) is 3.21. The van der Waals surface area contributed by atoms with Gasteiger partial charge in [-0.25, -0.2) is 5.43 Å². The van der Waals surface area contributed by atoms with Gasteiger partial charge in [0.05, 0.1) is 18.9 Å². The first-order chi connectivity index (χ1) is 12.1. The number of fused-ring (bicyclic) bond motifs is 1. The van der Waals surface area contributed by atoms with Gasteiger partial charge in [0.15, 0.2) is 11.5 Å². The molecule has 128 valence electrons. The second kappa shape index (κ2) is 6.87. The number of amides is 1. The third-order valence-electron chi connectivity index (χ3n) is 3.17. The van der Waals surface area contributed by atoms with Crippen LogP contribution in [0.1, 0.15) is 23.2 Å². The van der Waals surface area contributed by atoms with E-state index in [1.54, 1.807) is 24.3 Å². The molecule has 0 saturated heterocycles.